The SMILES string of the molecule is CCN1CCN(C(CNC(=O)CCCCc2ccccc2)c2ccccc2)CC1. The van der Waals surface area contributed by atoms with Gasteiger partial charge < -0.3 is 10.2 Å². The average molecular weight is 394 g/mol. The van der Waals surface area contributed by atoms with Gasteiger partial charge in [0, 0.05) is 39.1 Å². The molecule has 2 aromatic rings. The van der Waals surface area contributed by atoms with Crippen LogP contribution >= 0.6 is 0 Å². The predicted octanol–water partition coefficient (Wildman–Crippen LogP) is 3.89. The summed E-state index contributed by atoms with van der Waals surface area (Å²) >= 11 is 0. The Morgan fingerprint density at radius 3 is 2.24 bits per heavy atom. The molecule has 4 nitrogen and oxygen atoms in total. The molecule has 2 aromatic carbocycles. The first-order chi connectivity index (χ1) is 14.3. The van der Waals surface area contributed by atoms with Gasteiger partial charge in [0.2, 0.25) is 5.91 Å². The standard InChI is InChI=1S/C25H35N3O/c1-2-27-17-19-28(20-18-27)24(23-14-7-4-8-15-23)21-26-25(29)16-10-9-13-22-11-5-3-6-12-22/h3-8,11-12,14-15,24H,2,9-10,13,16-21H2,1H3,(H,26,29). The first-order valence-corrected chi connectivity index (χ1v) is 11.1. The molecule has 0 aliphatic carbocycles. The molecule has 1 atom stereocenters. The second kappa shape index (κ2) is 11.7. The first kappa shape index (κ1) is 21.5. The largest absolute Gasteiger partial charge is 0.354 e. The summed E-state index contributed by atoms with van der Waals surface area (Å²) in [6.07, 6.45) is 3.64. The molecule has 3 rings (SSSR count). The van der Waals surface area contributed by atoms with Crippen LogP contribution in [0.2, 0.25) is 0 Å². The Balaban J connectivity index is 1.46. The minimum atomic E-state index is 0.172. The fraction of sp³-hybridized carbons (Fsp3) is 0.480. The van der Waals surface area contributed by atoms with Crippen LogP contribution in [-0.2, 0) is 11.2 Å². The van der Waals surface area contributed by atoms with Crippen molar-refractivity contribution in [2.45, 2.75) is 38.6 Å². The highest BCUT2D eigenvalue weighted by Crippen LogP contribution is 2.21. The molecule has 1 saturated heterocycles. The third-order valence-corrected chi connectivity index (χ3v) is 5.93. The fourth-order valence-electron chi connectivity index (χ4n) is 4.08. The lowest BCUT2D eigenvalue weighted by Gasteiger charge is -2.39. The van der Waals surface area contributed by atoms with Crippen LogP contribution in [0.25, 0.3) is 0 Å². The smallest absolute Gasteiger partial charge is 0.220 e. The molecule has 1 unspecified atom stereocenters. The number of nitrogens with one attached hydrogen (secondary N) is 1. The zero-order valence-corrected chi connectivity index (χ0v) is 17.7. The monoisotopic (exact) mass is 393 g/mol. The van der Waals surface area contributed by atoms with Crippen LogP contribution in [0, 0.1) is 0 Å². The van der Waals surface area contributed by atoms with E-state index in [1.54, 1.807) is 0 Å². The van der Waals surface area contributed by atoms with Crippen LogP contribution < -0.4 is 5.32 Å². The van der Waals surface area contributed by atoms with Crippen molar-refractivity contribution in [2.75, 3.05) is 39.3 Å². The molecule has 0 spiro atoms. The van der Waals surface area contributed by atoms with Gasteiger partial charge in [-0.05, 0) is 36.9 Å². The number of nitrogens with zero attached hydrogens (tertiary/aromatic N) is 2. The molecule has 1 heterocycles. The Kier molecular flexibility index (Phi) is 8.72. The van der Waals surface area contributed by atoms with E-state index in [9.17, 15) is 4.79 Å². The van der Waals surface area contributed by atoms with Gasteiger partial charge >= 0.3 is 0 Å². The van der Waals surface area contributed by atoms with E-state index in [0.29, 0.717) is 13.0 Å². The summed E-state index contributed by atoms with van der Waals surface area (Å²) in [6, 6.07) is 21.4. The minimum Gasteiger partial charge on any atom is -0.354 e. The van der Waals surface area contributed by atoms with Gasteiger partial charge in [-0.2, -0.15) is 0 Å². The van der Waals surface area contributed by atoms with Crippen molar-refractivity contribution in [2.24, 2.45) is 0 Å². The number of rotatable bonds is 10. The van der Waals surface area contributed by atoms with E-state index in [1.165, 1.54) is 11.1 Å². The maximum absolute atomic E-state index is 12.4. The van der Waals surface area contributed by atoms with E-state index in [0.717, 1.165) is 52.0 Å². The van der Waals surface area contributed by atoms with Gasteiger partial charge in [-0.1, -0.05) is 67.6 Å². The van der Waals surface area contributed by atoms with Crippen LogP contribution in [0.5, 0.6) is 0 Å². The Labute approximate surface area is 175 Å². The van der Waals surface area contributed by atoms with Crippen molar-refractivity contribution in [1.29, 1.82) is 0 Å². The van der Waals surface area contributed by atoms with Gasteiger partial charge in [0.1, 0.15) is 0 Å². The van der Waals surface area contributed by atoms with Crippen molar-refractivity contribution in [3.05, 3.63) is 71.8 Å². The van der Waals surface area contributed by atoms with Gasteiger partial charge in [0.15, 0.2) is 0 Å². The maximum atomic E-state index is 12.4. The van der Waals surface area contributed by atoms with E-state index >= 15 is 0 Å². The normalized spacial score (nSPS) is 16.4. The molecule has 1 amide bonds. The Morgan fingerprint density at radius 1 is 0.931 bits per heavy atom. The Bertz CT molecular complexity index is 711. The van der Waals surface area contributed by atoms with E-state index < -0.39 is 0 Å². The third-order valence-electron chi connectivity index (χ3n) is 5.93. The summed E-state index contributed by atoms with van der Waals surface area (Å²) in [5.41, 5.74) is 2.64. The highest BCUT2D eigenvalue weighted by Gasteiger charge is 2.24. The zero-order chi connectivity index (χ0) is 20.3. The second-order valence-corrected chi connectivity index (χ2v) is 7.89. The molecule has 0 bridgehead atoms. The predicted molar refractivity (Wildman–Crippen MR) is 120 cm³/mol. The molecule has 1 aliphatic heterocycles. The third kappa shape index (κ3) is 6.98. The van der Waals surface area contributed by atoms with Crippen molar-refractivity contribution < 1.29 is 4.79 Å². The van der Waals surface area contributed by atoms with Crippen LogP contribution in [0.4, 0.5) is 0 Å². The molecule has 1 fully saturated rings. The number of hydrogen-bond donors (Lipinski definition) is 1. The molecule has 1 N–H and O–H groups in total. The molecule has 4 heteroatoms. The van der Waals surface area contributed by atoms with Crippen molar-refractivity contribution >= 4 is 5.91 Å². The van der Waals surface area contributed by atoms with E-state index in [-0.39, 0.29) is 11.9 Å². The summed E-state index contributed by atoms with van der Waals surface area (Å²) in [5.74, 6) is 0.172. The number of unbranched alkanes of at least 4 members (excludes halogenated alkanes) is 1. The van der Waals surface area contributed by atoms with Crippen molar-refractivity contribution in [3.63, 3.8) is 0 Å². The Morgan fingerprint density at radius 2 is 1.59 bits per heavy atom. The maximum Gasteiger partial charge on any atom is 0.220 e. The van der Waals surface area contributed by atoms with Crippen LogP contribution in [-0.4, -0.2) is 55.0 Å². The lowest BCUT2D eigenvalue weighted by molar-refractivity contribution is -0.121. The molecular formula is C25H35N3O. The second-order valence-electron chi connectivity index (χ2n) is 7.89. The number of hydrogen-bond acceptors (Lipinski definition) is 3. The first-order valence-electron chi connectivity index (χ1n) is 11.1. The van der Waals surface area contributed by atoms with Gasteiger partial charge in [-0.25, -0.2) is 0 Å². The molecule has 29 heavy (non-hydrogen) atoms. The van der Waals surface area contributed by atoms with Crippen LogP contribution in [0.1, 0.15) is 43.4 Å². The molecule has 1 aliphatic rings. The van der Waals surface area contributed by atoms with E-state index in [4.69, 9.17) is 0 Å². The topological polar surface area (TPSA) is 35.6 Å². The van der Waals surface area contributed by atoms with Gasteiger partial charge in [0.05, 0.1) is 6.04 Å². The zero-order valence-electron chi connectivity index (χ0n) is 17.7. The summed E-state index contributed by atoms with van der Waals surface area (Å²) in [7, 11) is 0. The summed E-state index contributed by atoms with van der Waals surface area (Å²) in [5, 5.41) is 3.21. The molecule has 0 radical (unpaired) electrons. The fourth-order valence-corrected chi connectivity index (χ4v) is 4.08. The number of piperazine rings is 1. The minimum absolute atomic E-state index is 0.172. The van der Waals surface area contributed by atoms with E-state index in [1.807, 2.05) is 6.07 Å². The summed E-state index contributed by atoms with van der Waals surface area (Å²) < 4.78 is 0. The van der Waals surface area contributed by atoms with Gasteiger partial charge in [-0.15, -0.1) is 0 Å². The Hall–Kier alpha value is -2.17. The van der Waals surface area contributed by atoms with E-state index in [2.05, 4.69) is 76.6 Å². The average Bonchev–Trinajstić information content (AvgIpc) is 2.79. The van der Waals surface area contributed by atoms with Crippen LogP contribution in [0.3, 0.4) is 0 Å². The number of amides is 1. The lowest BCUT2D eigenvalue weighted by Crippen LogP contribution is -2.49. The summed E-state index contributed by atoms with van der Waals surface area (Å²) in [4.78, 5) is 17.4. The van der Waals surface area contributed by atoms with Crippen molar-refractivity contribution in [1.82, 2.24) is 15.1 Å². The quantitative estimate of drug-likeness (QED) is 0.622. The lowest BCUT2D eigenvalue weighted by atomic mass is 10.0. The molecule has 156 valence electrons. The van der Waals surface area contributed by atoms with Crippen LogP contribution in [0.15, 0.2) is 60.7 Å². The molecule has 0 saturated carbocycles. The number of aryl methyl sites for hydroxylation is 1. The van der Waals surface area contributed by atoms with Crippen molar-refractivity contribution in [3.8, 4) is 0 Å². The number of likely N-dealkylation sites (N-methyl/N-ethyl adjacent to an activating group) is 1. The summed E-state index contributed by atoms with van der Waals surface area (Å²) in [6.45, 7) is 8.35. The van der Waals surface area contributed by atoms with Gasteiger partial charge in [-0.3, -0.25) is 9.69 Å². The number of carbonyl (C=O) groups excluding carboxylic acids is 1. The molecule has 0 aromatic heterocycles. The number of carbonyl (C=O) groups is 1. The van der Waals surface area contributed by atoms with Gasteiger partial charge in [0.25, 0.3) is 0 Å². The highest BCUT2D eigenvalue weighted by molar-refractivity contribution is 5.75. The number of benzene rings is 2. The highest BCUT2D eigenvalue weighted by atomic mass is 16.1. The molecular weight excluding hydrogens is 358 g/mol.